The van der Waals surface area contributed by atoms with E-state index >= 15 is 0 Å². The van der Waals surface area contributed by atoms with Gasteiger partial charge in [-0.15, -0.1) is 0 Å². The van der Waals surface area contributed by atoms with Crippen molar-refractivity contribution < 1.29 is 22.0 Å². The minimum Gasteiger partial charge on any atom is -0.465 e. The minimum atomic E-state index is -4.08. The van der Waals surface area contributed by atoms with Crippen molar-refractivity contribution in [2.24, 2.45) is 5.14 Å². The first-order valence-electron chi connectivity index (χ1n) is 5.92. The van der Waals surface area contributed by atoms with E-state index in [1.807, 2.05) is 0 Å². The number of aryl methyl sites for hydroxylation is 1. The van der Waals surface area contributed by atoms with Gasteiger partial charge in [0, 0.05) is 5.56 Å². The molecular weight excluding hydrogens is 299 g/mol. The maximum atomic E-state index is 13.4. The van der Waals surface area contributed by atoms with Gasteiger partial charge in [-0.25, -0.2) is 17.9 Å². The lowest BCUT2D eigenvalue weighted by Crippen LogP contribution is -2.23. The van der Waals surface area contributed by atoms with Gasteiger partial charge in [-0.05, 0) is 37.3 Å². The molecule has 0 unspecified atom stereocenters. The maximum Gasteiger partial charge on any atom is 0.251 e. The van der Waals surface area contributed by atoms with Crippen molar-refractivity contribution in [3.8, 4) is 0 Å². The van der Waals surface area contributed by atoms with Crippen molar-refractivity contribution in [3.63, 3.8) is 0 Å². The Kier molecular flexibility index (Phi) is 4.10. The number of hydrogen-bond acceptors (Lipinski definition) is 4. The molecule has 0 saturated heterocycles. The zero-order valence-electron chi connectivity index (χ0n) is 11.1. The topological polar surface area (TPSA) is 102 Å². The third-order valence-corrected chi connectivity index (χ3v) is 3.57. The van der Waals surface area contributed by atoms with Gasteiger partial charge >= 0.3 is 0 Å². The van der Waals surface area contributed by atoms with Crippen molar-refractivity contribution in [3.05, 3.63) is 53.2 Å². The fourth-order valence-electron chi connectivity index (χ4n) is 1.71. The van der Waals surface area contributed by atoms with E-state index in [-0.39, 0.29) is 12.1 Å². The first kappa shape index (κ1) is 15.2. The highest BCUT2D eigenvalue weighted by molar-refractivity contribution is 7.89. The third-order valence-electron chi connectivity index (χ3n) is 2.68. The number of halogens is 1. The average molecular weight is 312 g/mol. The summed E-state index contributed by atoms with van der Waals surface area (Å²) in [5, 5.41) is 7.42. The number of benzene rings is 1. The summed E-state index contributed by atoms with van der Waals surface area (Å²) >= 11 is 0. The summed E-state index contributed by atoms with van der Waals surface area (Å²) in [6, 6.07) is 6.13. The van der Waals surface area contributed by atoms with Crippen molar-refractivity contribution in [1.82, 2.24) is 5.32 Å². The van der Waals surface area contributed by atoms with Crippen LogP contribution in [0.1, 0.15) is 21.9 Å². The zero-order valence-corrected chi connectivity index (χ0v) is 11.9. The SMILES string of the molecule is Cc1ccc(CNC(=O)c2cc(F)cc(S(N)(=O)=O)c2)o1. The number of hydrogen-bond donors (Lipinski definition) is 2. The molecule has 3 N–H and O–H groups in total. The number of carbonyl (C=O) groups is 1. The average Bonchev–Trinajstić information content (AvgIpc) is 2.80. The van der Waals surface area contributed by atoms with Gasteiger partial charge in [0.05, 0.1) is 11.4 Å². The summed E-state index contributed by atoms with van der Waals surface area (Å²) in [4.78, 5) is 11.4. The normalized spacial score (nSPS) is 11.4. The van der Waals surface area contributed by atoms with E-state index in [1.54, 1.807) is 19.1 Å². The van der Waals surface area contributed by atoms with Crippen LogP contribution in [0.3, 0.4) is 0 Å². The van der Waals surface area contributed by atoms with Crippen LogP contribution < -0.4 is 10.5 Å². The van der Waals surface area contributed by atoms with E-state index < -0.39 is 26.6 Å². The smallest absolute Gasteiger partial charge is 0.251 e. The molecule has 0 saturated carbocycles. The molecule has 112 valence electrons. The molecule has 0 atom stereocenters. The van der Waals surface area contributed by atoms with E-state index in [0.29, 0.717) is 11.5 Å². The summed E-state index contributed by atoms with van der Waals surface area (Å²) in [5.41, 5.74) is -0.137. The highest BCUT2D eigenvalue weighted by Crippen LogP contribution is 2.13. The molecule has 0 spiro atoms. The summed E-state index contributed by atoms with van der Waals surface area (Å²) < 4.78 is 41.0. The molecular formula is C13H13FN2O4S. The predicted octanol–water partition coefficient (Wildman–Crippen LogP) is 1.30. The lowest BCUT2D eigenvalue weighted by atomic mass is 10.2. The van der Waals surface area contributed by atoms with E-state index in [2.05, 4.69) is 5.32 Å². The van der Waals surface area contributed by atoms with Gasteiger partial charge in [0.25, 0.3) is 5.91 Å². The fourth-order valence-corrected chi connectivity index (χ4v) is 2.28. The number of carbonyl (C=O) groups excluding carboxylic acids is 1. The maximum absolute atomic E-state index is 13.4. The molecule has 0 aliphatic rings. The van der Waals surface area contributed by atoms with Gasteiger partial charge in [0.15, 0.2) is 0 Å². The number of primary sulfonamides is 1. The quantitative estimate of drug-likeness (QED) is 0.888. The number of nitrogens with one attached hydrogen (secondary N) is 1. The van der Waals surface area contributed by atoms with Gasteiger partial charge in [-0.2, -0.15) is 0 Å². The van der Waals surface area contributed by atoms with E-state index in [9.17, 15) is 17.6 Å². The molecule has 1 amide bonds. The molecule has 21 heavy (non-hydrogen) atoms. The van der Waals surface area contributed by atoms with Gasteiger partial charge in [-0.3, -0.25) is 4.79 Å². The van der Waals surface area contributed by atoms with Crippen LogP contribution in [0.4, 0.5) is 4.39 Å². The van der Waals surface area contributed by atoms with Crippen molar-refractivity contribution in [2.75, 3.05) is 0 Å². The van der Waals surface area contributed by atoms with Crippen LogP contribution in [0.5, 0.6) is 0 Å². The van der Waals surface area contributed by atoms with Crippen LogP contribution in [-0.4, -0.2) is 14.3 Å². The number of rotatable bonds is 4. The van der Waals surface area contributed by atoms with Gasteiger partial charge in [0.2, 0.25) is 10.0 Å². The number of furan rings is 1. The number of sulfonamides is 1. The van der Waals surface area contributed by atoms with Gasteiger partial charge in [-0.1, -0.05) is 0 Å². The largest absolute Gasteiger partial charge is 0.465 e. The lowest BCUT2D eigenvalue weighted by Gasteiger charge is -2.06. The standard InChI is InChI=1S/C13H13FN2O4S/c1-8-2-3-11(20-8)7-16-13(17)9-4-10(14)6-12(5-9)21(15,18)19/h2-6H,7H2,1H3,(H,16,17)(H2,15,18,19). The second-order valence-corrected chi connectivity index (χ2v) is 5.98. The summed E-state index contributed by atoms with van der Waals surface area (Å²) in [7, 11) is -4.08. The van der Waals surface area contributed by atoms with Crippen molar-refractivity contribution >= 4 is 15.9 Å². The molecule has 0 radical (unpaired) electrons. The molecule has 0 aliphatic carbocycles. The zero-order chi connectivity index (χ0) is 15.6. The Labute approximate surface area is 120 Å². The molecule has 2 aromatic rings. The molecule has 6 nitrogen and oxygen atoms in total. The Morgan fingerprint density at radius 2 is 2.05 bits per heavy atom. The van der Waals surface area contributed by atoms with Crippen molar-refractivity contribution in [2.45, 2.75) is 18.4 Å². The Hall–Kier alpha value is -2.19. The predicted molar refractivity (Wildman–Crippen MR) is 72.4 cm³/mol. The molecule has 1 aromatic heterocycles. The Morgan fingerprint density at radius 1 is 1.33 bits per heavy atom. The lowest BCUT2D eigenvalue weighted by molar-refractivity contribution is 0.0947. The van der Waals surface area contributed by atoms with Crippen LogP contribution in [0.2, 0.25) is 0 Å². The fraction of sp³-hybridized carbons (Fsp3) is 0.154. The first-order valence-corrected chi connectivity index (χ1v) is 7.47. The molecule has 0 fully saturated rings. The molecule has 2 rings (SSSR count). The van der Waals surface area contributed by atoms with E-state index in [4.69, 9.17) is 9.56 Å². The second-order valence-electron chi connectivity index (χ2n) is 4.42. The first-order chi connectivity index (χ1) is 9.75. The second kappa shape index (κ2) is 5.66. The van der Waals surface area contributed by atoms with Crippen LogP contribution in [0.25, 0.3) is 0 Å². The third kappa shape index (κ3) is 3.89. The van der Waals surface area contributed by atoms with E-state index in [0.717, 1.165) is 18.2 Å². The Morgan fingerprint density at radius 3 is 2.62 bits per heavy atom. The molecule has 8 heteroatoms. The summed E-state index contributed by atoms with van der Waals surface area (Å²) in [6.45, 7) is 1.87. The van der Waals surface area contributed by atoms with Crippen molar-refractivity contribution in [1.29, 1.82) is 0 Å². The van der Waals surface area contributed by atoms with Crippen LogP contribution in [0, 0.1) is 12.7 Å². The van der Waals surface area contributed by atoms with Crippen LogP contribution in [0.15, 0.2) is 39.6 Å². The molecule has 0 bridgehead atoms. The van der Waals surface area contributed by atoms with Gasteiger partial charge in [0.1, 0.15) is 17.3 Å². The monoisotopic (exact) mass is 312 g/mol. The highest BCUT2D eigenvalue weighted by atomic mass is 32.2. The van der Waals surface area contributed by atoms with E-state index in [1.165, 1.54) is 0 Å². The van der Waals surface area contributed by atoms with Gasteiger partial charge < -0.3 is 9.73 Å². The minimum absolute atomic E-state index is 0.105. The van der Waals surface area contributed by atoms with Crippen LogP contribution >= 0.6 is 0 Å². The summed E-state index contributed by atoms with van der Waals surface area (Å²) in [6.07, 6.45) is 0. The number of amides is 1. The summed E-state index contributed by atoms with van der Waals surface area (Å²) in [5.74, 6) is -0.264. The highest BCUT2D eigenvalue weighted by Gasteiger charge is 2.15. The molecule has 1 heterocycles. The number of nitrogens with two attached hydrogens (primary N) is 1. The molecule has 0 aliphatic heterocycles. The Bertz CT molecular complexity index is 783. The Balaban J connectivity index is 2.17. The van der Waals surface area contributed by atoms with Crippen LogP contribution in [-0.2, 0) is 16.6 Å². The molecule has 1 aromatic carbocycles.